The number of aliphatic hydroxyl groups is 1. The average Bonchev–Trinajstić information content (AvgIpc) is 2.52. The third-order valence-electron chi connectivity index (χ3n) is 2.98. The topological polar surface area (TPSA) is 63.0 Å². The van der Waals surface area contributed by atoms with Gasteiger partial charge in [-0.05, 0) is 32.9 Å². The van der Waals surface area contributed by atoms with Gasteiger partial charge < -0.3 is 15.0 Å². The molecule has 1 saturated heterocycles. The van der Waals surface area contributed by atoms with Gasteiger partial charge in [0.1, 0.15) is 11.6 Å². The third-order valence-corrected chi connectivity index (χ3v) is 2.98. The first kappa shape index (κ1) is 10.6. The molecule has 5 heteroatoms. The van der Waals surface area contributed by atoms with E-state index in [-0.39, 0.29) is 12.6 Å². The predicted octanol–water partition coefficient (Wildman–Crippen LogP) is -0.0983. The molecule has 15 heavy (non-hydrogen) atoms. The van der Waals surface area contributed by atoms with Gasteiger partial charge in [0.2, 0.25) is 0 Å². The molecular formula is C10H18N4O. The van der Waals surface area contributed by atoms with Gasteiger partial charge in [-0.3, -0.25) is 0 Å². The Bertz CT molecular complexity index is 332. The molecule has 1 aliphatic heterocycles. The zero-order valence-electron chi connectivity index (χ0n) is 9.27. The Balaban J connectivity index is 2.14. The van der Waals surface area contributed by atoms with Crippen LogP contribution >= 0.6 is 0 Å². The van der Waals surface area contributed by atoms with Gasteiger partial charge in [0.05, 0.1) is 12.6 Å². The van der Waals surface area contributed by atoms with Crippen LogP contribution in [0.3, 0.4) is 0 Å². The molecule has 2 rings (SSSR count). The van der Waals surface area contributed by atoms with E-state index in [0.29, 0.717) is 5.92 Å². The van der Waals surface area contributed by atoms with E-state index >= 15 is 0 Å². The monoisotopic (exact) mass is 210 g/mol. The number of nitrogens with one attached hydrogen (secondary N) is 1. The van der Waals surface area contributed by atoms with E-state index in [1.807, 2.05) is 18.4 Å². The maximum atomic E-state index is 9.17. The fourth-order valence-corrected chi connectivity index (χ4v) is 1.96. The van der Waals surface area contributed by atoms with E-state index in [1.165, 1.54) is 0 Å². The molecule has 1 unspecified atom stereocenters. The Morgan fingerprint density at radius 2 is 2.27 bits per heavy atom. The highest BCUT2D eigenvalue weighted by Gasteiger charge is 2.22. The molecule has 5 nitrogen and oxygen atoms in total. The van der Waals surface area contributed by atoms with Crippen molar-refractivity contribution in [3.8, 4) is 0 Å². The van der Waals surface area contributed by atoms with Crippen LogP contribution < -0.4 is 5.32 Å². The van der Waals surface area contributed by atoms with E-state index in [4.69, 9.17) is 0 Å². The summed E-state index contributed by atoms with van der Waals surface area (Å²) in [5, 5.41) is 20.7. The van der Waals surface area contributed by atoms with Crippen molar-refractivity contribution in [2.75, 3.05) is 19.7 Å². The molecule has 1 atom stereocenters. The van der Waals surface area contributed by atoms with Crippen molar-refractivity contribution in [1.29, 1.82) is 0 Å². The van der Waals surface area contributed by atoms with Gasteiger partial charge in [-0.15, -0.1) is 10.2 Å². The van der Waals surface area contributed by atoms with Crippen LogP contribution in [-0.2, 0) is 6.42 Å². The number of aliphatic hydroxyl groups excluding tert-OH is 1. The Kier molecular flexibility index (Phi) is 3.02. The zero-order chi connectivity index (χ0) is 10.8. The molecule has 2 heterocycles. The largest absolute Gasteiger partial charge is 0.394 e. The third kappa shape index (κ3) is 2.03. The van der Waals surface area contributed by atoms with Crippen LogP contribution in [0.2, 0.25) is 0 Å². The Hall–Kier alpha value is -0.940. The Morgan fingerprint density at radius 1 is 1.53 bits per heavy atom. The molecule has 2 N–H and O–H groups in total. The van der Waals surface area contributed by atoms with Crippen molar-refractivity contribution < 1.29 is 5.11 Å². The molecule has 0 amide bonds. The minimum Gasteiger partial charge on any atom is -0.394 e. The van der Waals surface area contributed by atoms with Gasteiger partial charge in [0.25, 0.3) is 0 Å². The molecule has 0 spiro atoms. The van der Waals surface area contributed by atoms with Crippen LogP contribution in [0.5, 0.6) is 0 Å². The van der Waals surface area contributed by atoms with Crippen LogP contribution in [-0.4, -0.2) is 39.6 Å². The molecule has 1 aromatic rings. The molecule has 0 radical (unpaired) electrons. The molecule has 0 aliphatic carbocycles. The Morgan fingerprint density at radius 3 is 2.80 bits per heavy atom. The van der Waals surface area contributed by atoms with E-state index in [9.17, 15) is 5.11 Å². The van der Waals surface area contributed by atoms with Crippen molar-refractivity contribution >= 4 is 0 Å². The van der Waals surface area contributed by atoms with Crippen molar-refractivity contribution in [3.63, 3.8) is 0 Å². The molecule has 0 bridgehead atoms. The van der Waals surface area contributed by atoms with E-state index in [0.717, 1.165) is 31.2 Å². The van der Waals surface area contributed by atoms with Gasteiger partial charge in [-0.2, -0.15) is 0 Å². The lowest BCUT2D eigenvalue weighted by Gasteiger charge is -2.27. The summed E-state index contributed by atoms with van der Waals surface area (Å²) in [5.74, 6) is 2.57. The number of rotatable bonds is 4. The summed E-state index contributed by atoms with van der Waals surface area (Å²) in [5.41, 5.74) is 0. The first-order valence-corrected chi connectivity index (χ1v) is 5.44. The van der Waals surface area contributed by atoms with E-state index in [2.05, 4.69) is 15.5 Å². The number of hydrogen-bond acceptors (Lipinski definition) is 4. The lowest BCUT2D eigenvalue weighted by Crippen LogP contribution is -2.43. The van der Waals surface area contributed by atoms with Gasteiger partial charge in [-0.1, -0.05) is 0 Å². The van der Waals surface area contributed by atoms with Crippen molar-refractivity contribution in [2.24, 2.45) is 5.92 Å². The average molecular weight is 210 g/mol. The molecule has 84 valence electrons. The summed E-state index contributed by atoms with van der Waals surface area (Å²) in [6.07, 6.45) is 0.957. The normalized spacial score (nSPS) is 18.9. The highest BCUT2D eigenvalue weighted by Crippen LogP contribution is 2.16. The quantitative estimate of drug-likeness (QED) is 0.728. The van der Waals surface area contributed by atoms with Gasteiger partial charge >= 0.3 is 0 Å². The summed E-state index contributed by atoms with van der Waals surface area (Å²) in [4.78, 5) is 0. The van der Waals surface area contributed by atoms with Crippen LogP contribution in [0.1, 0.15) is 24.6 Å². The smallest absolute Gasteiger partial charge is 0.133 e. The SMILES string of the molecule is Cc1nnc(CC2CNC2)n1C(C)CO. The van der Waals surface area contributed by atoms with Gasteiger partial charge in [0.15, 0.2) is 0 Å². The van der Waals surface area contributed by atoms with Crippen molar-refractivity contribution in [1.82, 2.24) is 20.1 Å². The summed E-state index contributed by atoms with van der Waals surface area (Å²) < 4.78 is 2.04. The fourth-order valence-electron chi connectivity index (χ4n) is 1.96. The number of aryl methyl sites for hydroxylation is 1. The van der Waals surface area contributed by atoms with Crippen LogP contribution in [0, 0.1) is 12.8 Å². The molecule has 1 fully saturated rings. The highest BCUT2D eigenvalue weighted by molar-refractivity contribution is 4.99. The van der Waals surface area contributed by atoms with Crippen LogP contribution in [0.15, 0.2) is 0 Å². The number of aromatic nitrogens is 3. The molecule has 0 saturated carbocycles. The van der Waals surface area contributed by atoms with Crippen LogP contribution in [0.4, 0.5) is 0 Å². The van der Waals surface area contributed by atoms with Gasteiger partial charge in [-0.25, -0.2) is 0 Å². The lowest BCUT2D eigenvalue weighted by atomic mass is 9.99. The van der Waals surface area contributed by atoms with E-state index < -0.39 is 0 Å². The molecule has 1 aromatic heterocycles. The number of nitrogens with zero attached hydrogens (tertiary/aromatic N) is 3. The Labute approximate surface area is 89.5 Å². The standard InChI is InChI=1S/C10H18N4O/c1-7(6-15)14-8(2)12-13-10(14)3-9-4-11-5-9/h7,9,11,15H,3-6H2,1-2H3. The first-order valence-electron chi connectivity index (χ1n) is 5.44. The second kappa shape index (κ2) is 4.28. The second-order valence-corrected chi connectivity index (χ2v) is 4.29. The predicted molar refractivity (Wildman–Crippen MR) is 56.6 cm³/mol. The summed E-state index contributed by atoms with van der Waals surface area (Å²) >= 11 is 0. The maximum Gasteiger partial charge on any atom is 0.133 e. The summed E-state index contributed by atoms with van der Waals surface area (Å²) in [7, 11) is 0. The lowest BCUT2D eigenvalue weighted by molar-refractivity contribution is 0.231. The van der Waals surface area contributed by atoms with Crippen molar-refractivity contribution in [2.45, 2.75) is 26.3 Å². The van der Waals surface area contributed by atoms with E-state index in [1.54, 1.807) is 0 Å². The maximum absolute atomic E-state index is 9.17. The highest BCUT2D eigenvalue weighted by atomic mass is 16.3. The van der Waals surface area contributed by atoms with Gasteiger partial charge in [0, 0.05) is 6.42 Å². The summed E-state index contributed by atoms with van der Waals surface area (Å²) in [6, 6.07) is 0.0723. The summed E-state index contributed by atoms with van der Waals surface area (Å²) in [6.45, 7) is 6.19. The fraction of sp³-hybridized carbons (Fsp3) is 0.800. The first-order chi connectivity index (χ1) is 7.22. The minimum atomic E-state index is 0.0723. The minimum absolute atomic E-state index is 0.0723. The molecule has 1 aliphatic rings. The molecule has 0 aromatic carbocycles. The van der Waals surface area contributed by atoms with Crippen LogP contribution in [0.25, 0.3) is 0 Å². The second-order valence-electron chi connectivity index (χ2n) is 4.29. The zero-order valence-corrected chi connectivity index (χ0v) is 9.27. The van der Waals surface area contributed by atoms with Crippen molar-refractivity contribution in [3.05, 3.63) is 11.6 Å². The number of hydrogen-bond donors (Lipinski definition) is 2. The molecular weight excluding hydrogens is 192 g/mol.